The third-order valence-electron chi connectivity index (χ3n) is 2.83. The fraction of sp³-hybridized carbons (Fsp3) is 0.500. The number of ether oxygens (including phenoxy) is 1. The van der Waals surface area contributed by atoms with E-state index in [0.717, 1.165) is 25.1 Å². The Labute approximate surface area is 89.4 Å². The van der Waals surface area contributed by atoms with Crippen LogP contribution in [0.4, 0.5) is 4.39 Å². The molecule has 1 saturated heterocycles. The molecule has 1 fully saturated rings. The molecule has 1 unspecified atom stereocenters. The topological polar surface area (TPSA) is 21.3 Å². The molecule has 1 aliphatic rings. The number of halogens is 1. The Hall–Kier alpha value is -0.930. The minimum absolute atomic E-state index is 0.0611. The van der Waals surface area contributed by atoms with Crippen molar-refractivity contribution >= 4 is 0 Å². The summed E-state index contributed by atoms with van der Waals surface area (Å²) < 4.78 is 18.5. The van der Waals surface area contributed by atoms with Crippen LogP contribution in [0.25, 0.3) is 0 Å². The standard InChI is InChI=1S/C12H16FNO/c1-12(6-7-14-9-12)15-8-10-2-4-11(13)5-3-10/h2-5,14H,6-9H2,1H3. The quantitative estimate of drug-likeness (QED) is 0.823. The maximum atomic E-state index is 12.7. The van der Waals surface area contributed by atoms with Crippen LogP contribution in [0.2, 0.25) is 0 Å². The molecular formula is C12H16FNO. The van der Waals surface area contributed by atoms with Crippen LogP contribution in [-0.2, 0) is 11.3 Å². The van der Waals surface area contributed by atoms with Gasteiger partial charge >= 0.3 is 0 Å². The lowest BCUT2D eigenvalue weighted by Crippen LogP contribution is -2.30. The van der Waals surface area contributed by atoms with Crippen LogP contribution in [0.15, 0.2) is 24.3 Å². The highest BCUT2D eigenvalue weighted by Crippen LogP contribution is 2.20. The second-order valence-electron chi connectivity index (χ2n) is 4.29. The smallest absolute Gasteiger partial charge is 0.123 e. The first-order valence-corrected chi connectivity index (χ1v) is 5.27. The van der Waals surface area contributed by atoms with Gasteiger partial charge in [0.05, 0.1) is 12.2 Å². The summed E-state index contributed by atoms with van der Waals surface area (Å²) in [5, 5.41) is 3.27. The van der Waals surface area contributed by atoms with Crippen LogP contribution >= 0.6 is 0 Å². The second-order valence-corrected chi connectivity index (χ2v) is 4.29. The van der Waals surface area contributed by atoms with E-state index in [0.29, 0.717) is 6.61 Å². The van der Waals surface area contributed by atoms with Crippen molar-refractivity contribution in [2.24, 2.45) is 0 Å². The van der Waals surface area contributed by atoms with Crippen LogP contribution in [0, 0.1) is 5.82 Å². The number of rotatable bonds is 3. The second kappa shape index (κ2) is 4.29. The van der Waals surface area contributed by atoms with Gasteiger partial charge in [-0.15, -0.1) is 0 Å². The Morgan fingerprint density at radius 3 is 2.73 bits per heavy atom. The van der Waals surface area contributed by atoms with Crippen molar-refractivity contribution in [2.45, 2.75) is 25.6 Å². The minimum Gasteiger partial charge on any atom is -0.369 e. The molecule has 0 aliphatic carbocycles. The van der Waals surface area contributed by atoms with Crippen LogP contribution in [0.1, 0.15) is 18.9 Å². The predicted molar refractivity (Wildman–Crippen MR) is 57.1 cm³/mol. The molecule has 1 aliphatic heterocycles. The SMILES string of the molecule is CC1(OCc2ccc(F)cc2)CCNC1. The van der Waals surface area contributed by atoms with Gasteiger partial charge in [-0.1, -0.05) is 12.1 Å². The fourth-order valence-electron chi connectivity index (χ4n) is 1.76. The maximum Gasteiger partial charge on any atom is 0.123 e. The zero-order chi connectivity index (χ0) is 10.7. The van der Waals surface area contributed by atoms with E-state index < -0.39 is 0 Å². The van der Waals surface area contributed by atoms with Crippen molar-refractivity contribution in [1.29, 1.82) is 0 Å². The van der Waals surface area contributed by atoms with Gasteiger partial charge in [0.1, 0.15) is 5.82 Å². The van der Waals surface area contributed by atoms with Gasteiger partial charge in [0.15, 0.2) is 0 Å². The zero-order valence-corrected chi connectivity index (χ0v) is 8.92. The molecule has 82 valence electrons. The Balaban J connectivity index is 1.90. The molecule has 1 aromatic carbocycles. The molecular weight excluding hydrogens is 193 g/mol. The number of hydrogen-bond donors (Lipinski definition) is 1. The number of nitrogens with one attached hydrogen (secondary N) is 1. The molecule has 1 N–H and O–H groups in total. The van der Waals surface area contributed by atoms with Gasteiger partial charge < -0.3 is 10.1 Å². The summed E-state index contributed by atoms with van der Waals surface area (Å²) in [6, 6.07) is 6.46. The van der Waals surface area contributed by atoms with Crippen molar-refractivity contribution < 1.29 is 9.13 Å². The van der Waals surface area contributed by atoms with Crippen LogP contribution in [0.3, 0.4) is 0 Å². The molecule has 1 aromatic rings. The molecule has 0 bridgehead atoms. The monoisotopic (exact) mass is 209 g/mol. The first kappa shape index (κ1) is 10.6. The fourth-order valence-corrected chi connectivity index (χ4v) is 1.76. The Bertz CT molecular complexity index is 317. The van der Waals surface area contributed by atoms with Gasteiger partial charge in [-0.05, 0) is 37.6 Å². The van der Waals surface area contributed by atoms with Crippen molar-refractivity contribution in [1.82, 2.24) is 5.32 Å². The van der Waals surface area contributed by atoms with Crippen molar-refractivity contribution in [2.75, 3.05) is 13.1 Å². The van der Waals surface area contributed by atoms with Gasteiger partial charge in [0, 0.05) is 6.54 Å². The van der Waals surface area contributed by atoms with Gasteiger partial charge in [0.25, 0.3) is 0 Å². The van der Waals surface area contributed by atoms with Gasteiger partial charge in [0.2, 0.25) is 0 Å². The number of hydrogen-bond acceptors (Lipinski definition) is 2. The Kier molecular flexibility index (Phi) is 3.03. The molecule has 1 heterocycles. The third kappa shape index (κ3) is 2.76. The van der Waals surface area contributed by atoms with E-state index in [1.165, 1.54) is 12.1 Å². The highest BCUT2D eigenvalue weighted by molar-refractivity contribution is 5.15. The molecule has 0 spiro atoms. The Morgan fingerprint density at radius 1 is 1.40 bits per heavy atom. The molecule has 0 amide bonds. The van der Waals surface area contributed by atoms with Crippen LogP contribution in [-0.4, -0.2) is 18.7 Å². The summed E-state index contributed by atoms with van der Waals surface area (Å²) in [5.41, 5.74) is 0.957. The van der Waals surface area contributed by atoms with Crippen molar-refractivity contribution in [3.05, 3.63) is 35.6 Å². The van der Waals surface area contributed by atoms with Gasteiger partial charge in [-0.25, -0.2) is 4.39 Å². The average molecular weight is 209 g/mol. The highest BCUT2D eigenvalue weighted by Gasteiger charge is 2.28. The molecule has 0 radical (unpaired) electrons. The van der Waals surface area contributed by atoms with E-state index >= 15 is 0 Å². The van der Waals surface area contributed by atoms with E-state index in [1.807, 2.05) is 0 Å². The summed E-state index contributed by atoms with van der Waals surface area (Å²) in [4.78, 5) is 0. The van der Waals surface area contributed by atoms with Gasteiger partial charge in [-0.3, -0.25) is 0 Å². The van der Waals surface area contributed by atoms with E-state index in [2.05, 4.69) is 12.2 Å². The predicted octanol–water partition coefficient (Wildman–Crippen LogP) is 2.09. The lowest BCUT2D eigenvalue weighted by Gasteiger charge is -2.23. The first-order valence-electron chi connectivity index (χ1n) is 5.27. The van der Waals surface area contributed by atoms with E-state index in [4.69, 9.17) is 4.74 Å². The molecule has 0 aromatic heterocycles. The van der Waals surface area contributed by atoms with Crippen LogP contribution in [0.5, 0.6) is 0 Å². The maximum absolute atomic E-state index is 12.7. The lowest BCUT2D eigenvalue weighted by molar-refractivity contribution is -0.0278. The van der Waals surface area contributed by atoms with Crippen molar-refractivity contribution in [3.8, 4) is 0 Å². The third-order valence-corrected chi connectivity index (χ3v) is 2.83. The zero-order valence-electron chi connectivity index (χ0n) is 8.92. The minimum atomic E-state index is -0.201. The summed E-state index contributed by atoms with van der Waals surface area (Å²) >= 11 is 0. The summed E-state index contributed by atoms with van der Waals surface area (Å²) in [7, 11) is 0. The Morgan fingerprint density at radius 2 is 2.13 bits per heavy atom. The van der Waals surface area contributed by atoms with Crippen molar-refractivity contribution in [3.63, 3.8) is 0 Å². The van der Waals surface area contributed by atoms with Crippen LogP contribution < -0.4 is 5.32 Å². The summed E-state index contributed by atoms with van der Waals surface area (Å²) in [6.07, 6.45) is 1.04. The molecule has 15 heavy (non-hydrogen) atoms. The molecule has 2 rings (SSSR count). The summed E-state index contributed by atoms with van der Waals surface area (Å²) in [6.45, 7) is 4.57. The molecule has 3 heteroatoms. The molecule has 0 saturated carbocycles. The van der Waals surface area contributed by atoms with E-state index in [9.17, 15) is 4.39 Å². The average Bonchev–Trinajstić information content (AvgIpc) is 2.65. The molecule has 1 atom stereocenters. The lowest BCUT2D eigenvalue weighted by atomic mass is 10.1. The van der Waals surface area contributed by atoms with Gasteiger partial charge in [-0.2, -0.15) is 0 Å². The van der Waals surface area contributed by atoms with E-state index in [1.54, 1.807) is 12.1 Å². The molecule has 2 nitrogen and oxygen atoms in total. The van der Waals surface area contributed by atoms with E-state index in [-0.39, 0.29) is 11.4 Å². The summed E-state index contributed by atoms with van der Waals surface area (Å²) in [5.74, 6) is -0.201. The first-order chi connectivity index (χ1) is 7.18. The highest BCUT2D eigenvalue weighted by atomic mass is 19.1. The number of benzene rings is 1. The normalized spacial score (nSPS) is 25.7. The largest absolute Gasteiger partial charge is 0.369 e.